The smallest absolute Gasteiger partial charge is 0.309 e. The Morgan fingerprint density at radius 2 is 2.20 bits per heavy atom. The molecule has 3 nitrogen and oxygen atoms in total. The lowest BCUT2D eigenvalue weighted by Crippen LogP contribution is -2.53. The molecule has 2 bridgehead atoms. The molecule has 0 heterocycles. The van der Waals surface area contributed by atoms with Crippen molar-refractivity contribution in [3.63, 3.8) is 0 Å². The van der Waals surface area contributed by atoms with Crippen LogP contribution in [0.5, 0.6) is 0 Å². The van der Waals surface area contributed by atoms with Crippen LogP contribution in [0.25, 0.3) is 0 Å². The van der Waals surface area contributed by atoms with Crippen LogP contribution in [-0.2, 0) is 14.3 Å². The highest BCUT2D eigenvalue weighted by Gasteiger charge is 2.56. The van der Waals surface area contributed by atoms with Gasteiger partial charge < -0.3 is 4.74 Å². The van der Waals surface area contributed by atoms with E-state index in [1.807, 2.05) is 6.92 Å². The van der Waals surface area contributed by atoms with Crippen molar-refractivity contribution in [3.8, 4) is 0 Å². The molecule has 0 aliphatic heterocycles. The highest BCUT2D eigenvalue weighted by Crippen LogP contribution is 2.55. The number of rotatable bonds is 1. The summed E-state index contributed by atoms with van der Waals surface area (Å²) in [7, 11) is 1.43. The Kier molecular flexibility index (Phi) is 2.36. The van der Waals surface area contributed by atoms with Crippen molar-refractivity contribution in [1.29, 1.82) is 0 Å². The van der Waals surface area contributed by atoms with Gasteiger partial charge in [-0.25, -0.2) is 0 Å². The van der Waals surface area contributed by atoms with Crippen molar-refractivity contribution < 1.29 is 14.3 Å². The van der Waals surface area contributed by atoms with Crippen LogP contribution in [0.4, 0.5) is 0 Å². The molecule has 3 heteroatoms. The molecular formula is C12H18O3. The fourth-order valence-electron chi connectivity index (χ4n) is 3.58. The van der Waals surface area contributed by atoms with E-state index in [2.05, 4.69) is 6.92 Å². The van der Waals surface area contributed by atoms with E-state index in [0.717, 1.165) is 12.8 Å². The van der Waals surface area contributed by atoms with Gasteiger partial charge in [-0.05, 0) is 24.2 Å². The predicted molar refractivity (Wildman–Crippen MR) is 55.1 cm³/mol. The highest BCUT2D eigenvalue weighted by molar-refractivity contribution is 5.87. The van der Waals surface area contributed by atoms with Crippen LogP contribution in [0.3, 0.4) is 0 Å². The zero-order valence-electron chi connectivity index (χ0n) is 9.58. The summed E-state index contributed by atoms with van der Waals surface area (Å²) >= 11 is 0. The van der Waals surface area contributed by atoms with Gasteiger partial charge in [-0.15, -0.1) is 0 Å². The van der Waals surface area contributed by atoms with Crippen LogP contribution >= 0.6 is 0 Å². The number of carbonyl (C=O) groups is 2. The molecule has 3 aliphatic carbocycles. The Morgan fingerprint density at radius 3 is 2.67 bits per heavy atom. The lowest BCUT2D eigenvalue weighted by Gasteiger charge is -2.51. The molecule has 0 saturated heterocycles. The molecule has 3 saturated carbocycles. The minimum absolute atomic E-state index is 0.0843. The van der Waals surface area contributed by atoms with E-state index in [1.54, 1.807) is 0 Å². The molecule has 4 atom stereocenters. The van der Waals surface area contributed by atoms with E-state index in [4.69, 9.17) is 4.74 Å². The number of fused-ring (bicyclic) bond motifs is 3. The minimum Gasteiger partial charge on any atom is -0.469 e. The maximum absolute atomic E-state index is 11.8. The Morgan fingerprint density at radius 1 is 1.53 bits per heavy atom. The van der Waals surface area contributed by atoms with Crippen molar-refractivity contribution in [3.05, 3.63) is 0 Å². The van der Waals surface area contributed by atoms with Gasteiger partial charge in [-0.1, -0.05) is 13.8 Å². The first-order valence-electron chi connectivity index (χ1n) is 5.60. The molecule has 0 N–H and O–H groups in total. The molecule has 0 amide bonds. The third kappa shape index (κ3) is 1.40. The molecule has 0 aromatic heterocycles. The molecular weight excluding hydrogens is 192 g/mol. The Bertz CT molecular complexity index is 310. The second-order valence-corrected chi connectivity index (χ2v) is 5.30. The summed E-state index contributed by atoms with van der Waals surface area (Å²) in [4.78, 5) is 23.5. The van der Waals surface area contributed by atoms with E-state index < -0.39 is 0 Å². The van der Waals surface area contributed by atoms with Gasteiger partial charge in [0.05, 0.1) is 13.0 Å². The van der Waals surface area contributed by atoms with E-state index in [-0.39, 0.29) is 29.1 Å². The first-order valence-corrected chi connectivity index (χ1v) is 5.60. The molecule has 0 aromatic rings. The molecule has 0 unspecified atom stereocenters. The average Bonchev–Trinajstić information content (AvgIpc) is 2.15. The van der Waals surface area contributed by atoms with Gasteiger partial charge >= 0.3 is 5.97 Å². The Balaban J connectivity index is 2.33. The zero-order valence-corrected chi connectivity index (χ0v) is 9.58. The fraction of sp³-hybridized carbons (Fsp3) is 0.833. The standard InChI is InChI=1S/C12H18O3/c1-7-8-4-5-12(2,6-9(8)13)10(7)11(14)15-3/h7-8,10H,4-6H2,1-3H3/t7-,8-,10-,12+/m1/s1. The first-order chi connectivity index (χ1) is 6.99. The van der Waals surface area contributed by atoms with Crippen LogP contribution in [0.2, 0.25) is 0 Å². The number of ketones is 1. The van der Waals surface area contributed by atoms with Crippen LogP contribution in [0.1, 0.15) is 33.1 Å². The SMILES string of the molecule is COC(=O)[C@H]1[C@H](C)[C@H]2CC[C@@]1(C)CC2=O. The summed E-state index contributed by atoms with van der Waals surface area (Å²) < 4.78 is 4.86. The van der Waals surface area contributed by atoms with E-state index >= 15 is 0 Å². The molecule has 3 fully saturated rings. The van der Waals surface area contributed by atoms with Gasteiger partial charge in [0.25, 0.3) is 0 Å². The lowest BCUT2D eigenvalue weighted by atomic mass is 9.51. The number of ether oxygens (including phenoxy) is 1. The number of hydrogen-bond donors (Lipinski definition) is 0. The Labute approximate surface area is 90.2 Å². The van der Waals surface area contributed by atoms with Gasteiger partial charge in [0.15, 0.2) is 0 Å². The minimum atomic E-state index is -0.154. The summed E-state index contributed by atoms with van der Waals surface area (Å²) in [6, 6.07) is 0. The first kappa shape index (κ1) is 10.7. The largest absolute Gasteiger partial charge is 0.469 e. The quantitative estimate of drug-likeness (QED) is 0.620. The molecule has 3 aliphatic rings. The maximum atomic E-state index is 11.8. The van der Waals surface area contributed by atoms with Crippen molar-refractivity contribution in [2.75, 3.05) is 7.11 Å². The average molecular weight is 210 g/mol. The van der Waals surface area contributed by atoms with E-state index in [9.17, 15) is 9.59 Å². The molecule has 0 aromatic carbocycles. The number of esters is 1. The maximum Gasteiger partial charge on any atom is 0.309 e. The topological polar surface area (TPSA) is 43.4 Å². The summed E-state index contributed by atoms with van der Waals surface area (Å²) in [6.45, 7) is 4.07. The highest BCUT2D eigenvalue weighted by atomic mass is 16.5. The van der Waals surface area contributed by atoms with Crippen molar-refractivity contribution in [1.82, 2.24) is 0 Å². The third-order valence-corrected chi connectivity index (χ3v) is 4.38. The third-order valence-electron chi connectivity index (χ3n) is 4.38. The van der Waals surface area contributed by atoms with Crippen LogP contribution < -0.4 is 0 Å². The van der Waals surface area contributed by atoms with E-state index in [1.165, 1.54) is 7.11 Å². The predicted octanol–water partition coefficient (Wildman–Crippen LogP) is 1.80. The monoisotopic (exact) mass is 210 g/mol. The summed E-state index contributed by atoms with van der Waals surface area (Å²) in [5, 5.41) is 0. The fourth-order valence-corrected chi connectivity index (χ4v) is 3.58. The number of carbonyl (C=O) groups excluding carboxylic acids is 2. The van der Waals surface area contributed by atoms with Crippen molar-refractivity contribution in [2.45, 2.75) is 33.1 Å². The zero-order chi connectivity index (χ0) is 11.2. The molecule has 0 radical (unpaired) electrons. The molecule has 0 spiro atoms. The summed E-state index contributed by atoms with van der Waals surface area (Å²) in [5.74, 6) is 0.367. The van der Waals surface area contributed by atoms with Gasteiger partial charge in [-0.3, -0.25) is 9.59 Å². The second kappa shape index (κ2) is 3.32. The van der Waals surface area contributed by atoms with Gasteiger partial charge in [0.1, 0.15) is 5.78 Å². The van der Waals surface area contributed by atoms with Crippen molar-refractivity contribution >= 4 is 11.8 Å². The lowest BCUT2D eigenvalue weighted by molar-refractivity contribution is -0.166. The second-order valence-electron chi connectivity index (χ2n) is 5.30. The van der Waals surface area contributed by atoms with E-state index in [0.29, 0.717) is 12.2 Å². The summed E-state index contributed by atoms with van der Waals surface area (Å²) in [6.07, 6.45) is 2.49. The number of hydrogen-bond acceptors (Lipinski definition) is 3. The normalized spacial score (nSPS) is 44.2. The Hall–Kier alpha value is -0.860. The van der Waals surface area contributed by atoms with Gasteiger partial charge in [-0.2, -0.15) is 0 Å². The van der Waals surface area contributed by atoms with Crippen LogP contribution in [-0.4, -0.2) is 18.9 Å². The van der Waals surface area contributed by atoms with Crippen LogP contribution in [0.15, 0.2) is 0 Å². The van der Waals surface area contributed by atoms with Crippen LogP contribution in [0, 0.1) is 23.2 Å². The molecule has 84 valence electrons. The molecule has 3 rings (SSSR count). The molecule has 15 heavy (non-hydrogen) atoms. The number of methoxy groups -OCH3 is 1. The van der Waals surface area contributed by atoms with Crippen molar-refractivity contribution in [2.24, 2.45) is 23.2 Å². The van der Waals surface area contributed by atoms with Gasteiger partial charge in [0, 0.05) is 12.3 Å². The van der Waals surface area contributed by atoms with Gasteiger partial charge in [0.2, 0.25) is 0 Å². The number of Topliss-reactive ketones (excluding diaryl/α,β-unsaturated/α-hetero) is 1. The summed E-state index contributed by atoms with van der Waals surface area (Å²) in [5.41, 5.74) is -0.154.